The quantitative estimate of drug-likeness (QED) is 0.357. The van der Waals surface area contributed by atoms with Crippen molar-refractivity contribution < 1.29 is 23.0 Å². The highest BCUT2D eigenvalue weighted by Gasteiger charge is 2.35. The molecule has 4 aromatic carbocycles. The lowest BCUT2D eigenvalue weighted by molar-refractivity contribution is 0.0974. The van der Waals surface area contributed by atoms with Gasteiger partial charge < -0.3 is 14.8 Å². The van der Waals surface area contributed by atoms with Gasteiger partial charge in [0.25, 0.3) is 5.91 Å². The number of amides is 1. The lowest BCUT2D eigenvalue weighted by atomic mass is 10.0. The SMILES string of the molecule is COc1ccc([C@@H]2Nc3ccccc3C(=O)N2c2ccccc2F)cc1COc1ccccc1F. The van der Waals surface area contributed by atoms with Crippen molar-refractivity contribution in [1.29, 1.82) is 0 Å². The molecular weight excluding hydrogens is 450 g/mol. The standard InChI is InChI=1S/C28H22F2N2O3/c1-34-25-15-14-18(16-19(25)17-35-26-13-7-4-10-22(26)30)27-31-23-11-5-2-8-20(23)28(33)32(27)24-12-6-3-9-21(24)29/h2-16,27,31H,17H2,1H3/t27-/m1/s1. The molecule has 1 aliphatic heterocycles. The molecule has 1 heterocycles. The largest absolute Gasteiger partial charge is 0.496 e. The van der Waals surface area contributed by atoms with Crippen LogP contribution >= 0.6 is 0 Å². The van der Waals surface area contributed by atoms with Gasteiger partial charge in [-0.1, -0.05) is 42.5 Å². The second kappa shape index (κ2) is 9.46. The molecule has 0 unspecified atom stereocenters. The van der Waals surface area contributed by atoms with E-state index in [0.29, 0.717) is 28.1 Å². The van der Waals surface area contributed by atoms with Gasteiger partial charge in [0.15, 0.2) is 11.6 Å². The molecule has 5 rings (SSSR count). The van der Waals surface area contributed by atoms with Gasteiger partial charge in [-0.05, 0) is 54.1 Å². The van der Waals surface area contributed by atoms with E-state index in [2.05, 4.69) is 5.32 Å². The van der Waals surface area contributed by atoms with Crippen LogP contribution in [0, 0.1) is 11.6 Å². The Morgan fingerprint density at radius 3 is 2.34 bits per heavy atom. The van der Waals surface area contributed by atoms with E-state index in [1.807, 2.05) is 18.2 Å². The van der Waals surface area contributed by atoms with E-state index in [1.165, 1.54) is 24.1 Å². The van der Waals surface area contributed by atoms with Crippen LogP contribution in [-0.4, -0.2) is 13.0 Å². The van der Waals surface area contributed by atoms with Crippen LogP contribution in [0.25, 0.3) is 0 Å². The molecule has 0 aliphatic carbocycles. The maximum absolute atomic E-state index is 14.9. The van der Waals surface area contributed by atoms with Crippen molar-refractivity contribution in [2.75, 3.05) is 17.3 Å². The van der Waals surface area contributed by atoms with Gasteiger partial charge in [0, 0.05) is 11.3 Å². The third-order valence-corrected chi connectivity index (χ3v) is 5.88. The minimum atomic E-state index is -0.701. The molecule has 176 valence electrons. The van der Waals surface area contributed by atoms with Crippen LogP contribution < -0.4 is 19.7 Å². The first-order chi connectivity index (χ1) is 17.1. The summed E-state index contributed by atoms with van der Waals surface area (Å²) in [6.07, 6.45) is -0.701. The molecule has 0 spiro atoms. The molecule has 0 saturated heterocycles. The molecule has 0 aromatic heterocycles. The van der Waals surface area contributed by atoms with Gasteiger partial charge in [-0.2, -0.15) is 0 Å². The average Bonchev–Trinajstić information content (AvgIpc) is 2.89. The summed E-state index contributed by atoms with van der Waals surface area (Å²) in [5.41, 5.74) is 2.59. The van der Waals surface area contributed by atoms with Crippen LogP contribution in [0.1, 0.15) is 27.7 Å². The number of carbonyl (C=O) groups excluding carboxylic acids is 1. The molecular formula is C28H22F2N2O3. The number of anilines is 2. The normalized spacial score (nSPS) is 14.8. The number of benzene rings is 4. The van der Waals surface area contributed by atoms with Gasteiger partial charge in [0.2, 0.25) is 0 Å². The second-order valence-corrected chi connectivity index (χ2v) is 8.01. The topological polar surface area (TPSA) is 50.8 Å². The first kappa shape index (κ1) is 22.4. The Labute approximate surface area is 201 Å². The van der Waals surface area contributed by atoms with Gasteiger partial charge in [-0.15, -0.1) is 0 Å². The molecule has 0 bridgehead atoms. The minimum Gasteiger partial charge on any atom is -0.496 e. The molecule has 0 radical (unpaired) electrons. The Morgan fingerprint density at radius 1 is 0.857 bits per heavy atom. The number of ether oxygens (including phenoxy) is 2. The highest BCUT2D eigenvalue weighted by molar-refractivity contribution is 6.12. The number of hydrogen-bond acceptors (Lipinski definition) is 4. The highest BCUT2D eigenvalue weighted by Crippen LogP contribution is 2.38. The molecule has 1 N–H and O–H groups in total. The Bertz CT molecular complexity index is 1390. The lowest BCUT2D eigenvalue weighted by Crippen LogP contribution is -2.43. The summed E-state index contributed by atoms with van der Waals surface area (Å²) in [7, 11) is 1.53. The Kier molecular flexibility index (Phi) is 6.06. The number of nitrogens with zero attached hydrogens (tertiary/aromatic N) is 1. The third kappa shape index (κ3) is 4.28. The molecule has 7 heteroatoms. The van der Waals surface area contributed by atoms with Crippen molar-refractivity contribution in [3.8, 4) is 11.5 Å². The molecule has 0 saturated carbocycles. The van der Waals surface area contributed by atoms with Gasteiger partial charge in [0.05, 0.1) is 18.4 Å². The van der Waals surface area contributed by atoms with Crippen LogP contribution in [0.2, 0.25) is 0 Å². The molecule has 1 amide bonds. The van der Waals surface area contributed by atoms with Gasteiger partial charge in [-0.3, -0.25) is 9.69 Å². The molecule has 1 aliphatic rings. The van der Waals surface area contributed by atoms with Crippen molar-refractivity contribution in [2.24, 2.45) is 0 Å². The van der Waals surface area contributed by atoms with Gasteiger partial charge in [0.1, 0.15) is 24.3 Å². The molecule has 4 aromatic rings. The van der Waals surface area contributed by atoms with Gasteiger partial charge in [-0.25, -0.2) is 8.78 Å². The predicted octanol–water partition coefficient (Wildman–Crippen LogP) is 6.32. The molecule has 0 fully saturated rings. The van der Waals surface area contributed by atoms with Gasteiger partial charge >= 0.3 is 0 Å². The maximum Gasteiger partial charge on any atom is 0.262 e. The maximum atomic E-state index is 14.9. The van der Waals surface area contributed by atoms with E-state index in [0.717, 1.165) is 0 Å². The number of methoxy groups -OCH3 is 1. The van der Waals surface area contributed by atoms with Crippen LogP contribution in [0.4, 0.5) is 20.2 Å². The lowest BCUT2D eigenvalue weighted by Gasteiger charge is -2.38. The second-order valence-electron chi connectivity index (χ2n) is 8.01. The van der Waals surface area contributed by atoms with Crippen molar-refractivity contribution in [1.82, 2.24) is 0 Å². The first-order valence-electron chi connectivity index (χ1n) is 11.0. The van der Waals surface area contributed by atoms with E-state index in [1.54, 1.807) is 60.7 Å². The van der Waals surface area contributed by atoms with E-state index in [4.69, 9.17) is 9.47 Å². The zero-order valence-electron chi connectivity index (χ0n) is 18.9. The summed E-state index contributed by atoms with van der Waals surface area (Å²) in [4.78, 5) is 14.9. The van der Waals surface area contributed by atoms with Crippen LogP contribution in [0.15, 0.2) is 91.0 Å². The summed E-state index contributed by atoms with van der Waals surface area (Å²) >= 11 is 0. The monoisotopic (exact) mass is 472 g/mol. The van der Waals surface area contributed by atoms with Crippen LogP contribution in [0.5, 0.6) is 11.5 Å². The zero-order chi connectivity index (χ0) is 24.4. The molecule has 35 heavy (non-hydrogen) atoms. The number of para-hydroxylation sites is 3. The van der Waals surface area contributed by atoms with Crippen molar-refractivity contribution in [3.05, 3.63) is 119 Å². The third-order valence-electron chi connectivity index (χ3n) is 5.88. The Hall–Kier alpha value is -4.39. The number of rotatable bonds is 6. The summed E-state index contributed by atoms with van der Waals surface area (Å²) in [6, 6.07) is 24.8. The molecule has 1 atom stereocenters. The number of nitrogens with one attached hydrogen (secondary N) is 1. The number of fused-ring (bicyclic) bond motifs is 1. The number of carbonyl (C=O) groups is 1. The van der Waals surface area contributed by atoms with E-state index in [-0.39, 0.29) is 24.0 Å². The summed E-state index contributed by atoms with van der Waals surface area (Å²) < 4.78 is 40.1. The fraction of sp³-hybridized carbons (Fsp3) is 0.107. The van der Waals surface area contributed by atoms with Crippen LogP contribution in [0.3, 0.4) is 0 Å². The summed E-state index contributed by atoms with van der Waals surface area (Å²) in [5.74, 6) is -0.638. The zero-order valence-corrected chi connectivity index (χ0v) is 18.9. The Balaban J connectivity index is 1.56. The van der Waals surface area contributed by atoms with Crippen molar-refractivity contribution >= 4 is 17.3 Å². The fourth-order valence-electron chi connectivity index (χ4n) is 4.18. The summed E-state index contributed by atoms with van der Waals surface area (Å²) in [5, 5.41) is 3.36. The van der Waals surface area contributed by atoms with E-state index >= 15 is 0 Å². The number of hydrogen-bond donors (Lipinski definition) is 1. The number of halogens is 2. The van der Waals surface area contributed by atoms with Crippen molar-refractivity contribution in [2.45, 2.75) is 12.8 Å². The first-order valence-corrected chi connectivity index (χ1v) is 11.0. The molecule has 5 nitrogen and oxygen atoms in total. The van der Waals surface area contributed by atoms with Crippen LogP contribution in [-0.2, 0) is 6.61 Å². The highest BCUT2D eigenvalue weighted by atomic mass is 19.1. The minimum absolute atomic E-state index is 0.0366. The average molecular weight is 472 g/mol. The van der Waals surface area contributed by atoms with E-state index in [9.17, 15) is 13.6 Å². The Morgan fingerprint density at radius 2 is 1.57 bits per heavy atom. The predicted molar refractivity (Wildman–Crippen MR) is 130 cm³/mol. The van der Waals surface area contributed by atoms with Crippen molar-refractivity contribution in [3.63, 3.8) is 0 Å². The van der Waals surface area contributed by atoms with E-state index < -0.39 is 17.8 Å². The fourth-order valence-corrected chi connectivity index (χ4v) is 4.18. The smallest absolute Gasteiger partial charge is 0.262 e. The summed E-state index contributed by atoms with van der Waals surface area (Å²) in [6.45, 7) is 0.0366.